The lowest BCUT2D eigenvalue weighted by Crippen LogP contribution is -2.52. The summed E-state index contributed by atoms with van der Waals surface area (Å²) in [6.07, 6.45) is 3.07. The third kappa shape index (κ3) is 2.44. The Labute approximate surface area is 142 Å². The van der Waals surface area contributed by atoms with E-state index in [1.54, 1.807) is 0 Å². The van der Waals surface area contributed by atoms with Gasteiger partial charge < -0.3 is 10.2 Å². The van der Waals surface area contributed by atoms with Crippen molar-refractivity contribution in [3.63, 3.8) is 0 Å². The van der Waals surface area contributed by atoms with Gasteiger partial charge in [0.15, 0.2) is 5.69 Å². The second kappa shape index (κ2) is 6.06. The molecule has 1 amide bonds. The van der Waals surface area contributed by atoms with E-state index in [2.05, 4.69) is 31.3 Å². The van der Waals surface area contributed by atoms with Crippen molar-refractivity contribution in [1.82, 2.24) is 20.0 Å². The predicted octanol–water partition coefficient (Wildman–Crippen LogP) is 2.10. The SMILES string of the molecule is Cc1ccccc1-n1nc(C(=O)N2CCNC[C@H]2C)c2c1CCC2. The second-order valence-corrected chi connectivity index (χ2v) is 6.88. The van der Waals surface area contributed by atoms with Crippen LogP contribution < -0.4 is 5.32 Å². The number of amides is 1. The second-order valence-electron chi connectivity index (χ2n) is 6.88. The minimum absolute atomic E-state index is 0.0921. The van der Waals surface area contributed by atoms with Gasteiger partial charge >= 0.3 is 0 Å². The van der Waals surface area contributed by atoms with Crippen LogP contribution in [0.15, 0.2) is 24.3 Å². The van der Waals surface area contributed by atoms with Crippen LogP contribution in [0.2, 0.25) is 0 Å². The molecule has 0 radical (unpaired) electrons. The van der Waals surface area contributed by atoms with E-state index >= 15 is 0 Å². The van der Waals surface area contributed by atoms with Crippen LogP contribution in [0.3, 0.4) is 0 Å². The van der Waals surface area contributed by atoms with E-state index in [9.17, 15) is 4.79 Å². The van der Waals surface area contributed by atoms with E-state index in [1.165, 1.54) is 11.3 Å². The number of para-hydroxylation sites is 1. The molecular weight excluding hydrogens is 300 g/mol. The van der Waals surface area contributed by atoms with Gasteiger partial charge in [0.25, 0.3) is 5.91 Å². The van der Waals surface area contributed by atoms with Crippen LogP contribution in [0.4, 0.5) is 0 Å². The fourth-order valence-corrected chi connectivity index (χ4v) is 3.89. The smallest absolute Gasteiger partial charge is 0.274 e. The molecule has 0 spiro atoms. The molecule has 1 aromatic heterocycles. The van der Waals surface area contributed by atoms with Crippen molar-refractivity contribution >= 4 is 5.91 Å². The highest BCUT2D eigenvalue weighted by molar-refractivity contribution is 5.94. The van der Waals surface area contributed by atoms with Crippen molar-refractivity contribution in [2.24, 2.45) is 0 Å². The minimum atomic E-state index is 0.0921. The highest BCUT2D eigenvalue weighted by Crippen LogP contribution is 2.29. The van der Waals surface area contributed by atoms with Crippen LogP contribution in [0, 0.1) is 6.92 Å². The van der Waals surface area contributed by atoms with Crippen LogP contribution in [-0.2, 0) is 12.8 Å². The first-order valence-corrected chi connectivity index (χ1v) is 8.85. The molecule has 1 aliphatic heterocycles. The number of carbonyl (C=O) groups excluding carboxylic acids is 1. The molecule has 24 heavy (non-hydrogen) atoms. The number of aryl methyl sites for hydroxylation is 1. The summed E-state index contributed by atoms with van der Waals surface area (Å²) in [4.78, 5) is 15.1. The third-order valence-electron chi connectivity index (χ3n) is 5.24. The maximum Gasteiger partial charge on any atom is 0.274 e. The molecule has 126 valence electrons. The monoisotopic (exact) mass is 324 g/mol. The Morgan fingerprint density at radius 3 is 2.92 bits per heavy atom. The zero-order valence-electron chi connectivity index (χ0n) is 14.4. The van der Waals surface area contributed by atoms with E-state index in [0.717, 1.165) is 50.1 Å². The van der Waals surface area contributed by atoms with Crippen molar-refractivity contribution in [3.05, 3.63) is 46.8 Å². The first-order valence-electron chi connectivity index (χ1n) is 8.85. The first-order chi connectivity index (χ1) is 11.7. The third-order valence-corrected chi connectivity index (χ3v) is 5.24. The molecule has 1 fully saturated rings. The lowest BCUT2D eigenvalue weighted by Gasteiger charge is -2.33. The topological polar surface area (TPSA) is 50.2 Å². The highest BCUT2D eigenvalue weighted by atomic mass is 16.2. The molecule has 0 saturated carbocycles. The molecule has 0 bridgehead atoms. The summed E-state index contributed by atoms with van der Waals surface area (Å²) in [5.41, 5.74) is 5.32. The number of piperazine rings is 1. The largest absolute Gasteiger partial charge is 0.332 e. The number of fused-ring (bicyclic) bond motifs is 1. The van der Waals surface area contributed by atoms with Crippen molar-refractivity contribution in [3.8, 4) is 5.69 Å². The zero-order valence-corrected chi connectivity index (χ0v) is 14.4. The number of aromatic nitrogens is 2. The average molecular weight is 324 g/mol. The molecule has 1 N–H and O–H groups in total. The summed E-state index contributed by atoms with van der Waals surface area (Å²) in [6, 6.07) is 8.47. The lowest BCUT2D eigenvalue weighted by atomic mass is 10.1. The number of rotatable bonds is 2. The van der Waals surface area contributed by atoms with Gasteiger partial charge in [0, 0.05) is 36.9 Å². The maximum absolute atomic E-state index is 13.1. The quantitative estimate of drug-likeness (QED) is 0.920. The highest BCUT2D eigenvalue weighted by Gasteiger charge is 2.32. The van der Waals surface area contributed by atoms with Gasteiger partial charge in [0.2, 0.25) is 0 Å². The number of benzene rings is 1. The summed E-state index contributed by atoms with van der Waals surface area (Å²) in [6.45, 7) is 6.66. The number of hydrogen-bond donors (Lipinski definition) is 1. The molecule has 5 nitrogen and oxygen atoms in total. The van der Waals surface area contributed by atoms with E-state index in [1.807, 2.05) is 21.7 Å². The van der Waals surface area contributed by atoms with Crippen molar-refractivity contribution in [1.29, 1.82) is 0 Å². The van der Waals surface area contributed by atoms with Crippen LogP contribution in [0.25, 0.3) is 5.69 Å². The Hall–Kier alpha value is -2.14. The summed E-state index contributed by atoms with van der Waals surface area (Å²) in [7, 11) is 0. The van der Waals surface area contributed by atoms with Gasteiger partial charge in [0.05, 0.1) is 5.69 Å². The Morgan fingerprint density at radius 1 is 1.29 bits per heavy atom. The molecule has 1 aromatic carbocycles. The summed E-state index contributed by atoms with van der Waals surface area (Å²) < 4.78 is 2.01. The number of nitrogens with zero attached hydrogens (tertiary/aromatic N) is 3. The molecule has 5 heteroatoms. The summed E-state index contributed by atoms with van der Waals surface area (Å²) in [5, 5.41) is 8.12. The Morgan fingerprint density at radius 2 is 2.12 bits per heavy atom. The van der Waals surface area contributed by atoms with E-state index in [0.29, 0.717) is 5.69 Å². The maximum atomic E-state index is 13.1. The number of hydrogen-bond acceptors (Lipinski definition) is 3. The average Bonchev–Trinajstić information content (AvgIpc) is 3.18. The Bertz CT molecular complexity index is 780. The molecule has 1 atom stereocenters. The van der Waals surface area contributed by atoms with Crippen LogP contribution in [0.5, 0.6) is 0 Å². The van der Waals surface area contributed by atoms with E-state index in [4.69, 9.17) is 5.10 Å². The van der Waals surface area contributed by atoms with Gasteiger partial charge in [-0.25, -0.2) is 4.68 Å². The van der Waals surface area contributed by atoms with Crippen LogP contribution in [0.1, 0.15) is 40.7 Å². The zero-order chi connectivity index (χ0) is 16.7. The first kappa shape index (κ1) is 15.4. The van der Waals surface area contributed by atoms with Crippen molar-refractivity contribution in [2.45, 2.75) is 39.2 Å². The molecule has 1 aliphatic carbocycles. The molecule has 0 unspecified atom stereocenters. The summed E-state index contributed by atoms with van der Waals surface area (Å²) in [5.74, 6) is 0.0921. The summed E-state index contributed by atoms with van der Waals surface area (Å²) >= 11 is 0. The van der Waals surface area contributed by atoms with Crippen molar-refractivity contribution in [2.75, 3.05) is 19.6 Å². The molecule has 1 saturated heterocycles. The molecule has 4 rings (SSSR count). The normalized spacial score (nSPS) is 20.2. The van der Waals surface area contributed by atoms with Gasteiger partial charge in [-0.15, -0.1) is 0 Å². The predicted molar refractivity (Wildman–Crippen MR) is 93.7 cm³/mol. The van der Waals surface area contributed by atoms with E-state index < -0.39 is 0 Å². The van der Waals surface area contributed by atoms with Gasteiger partial charge in [-0.2, -0.15) is 5.10 Å². The number of nitrogens with one attached hydrogen (secondary N) is 1. The van der Waals surface area contributed by atoms with Crippen molar-refractivity contribution < 1.29 is 4.79 Å². The van der Waals surface area contributed by atoms with E-state index in [-0.39, 0.29) is 11.9 Å². The molecule has 2 aliphatic rings. The molecule has 2 aromatic rings. The standard InChI is InChI=1S/C19H24N4O/c1-13-6-3-4-8-16(13)23-17-9-5-7-15(17)18(21-23)19(24)22-11-10-20-12-14(22)2/h3-4,6,8,14,20H,5,7,9-12H2,1-2H3/t14-/m1/s1. The van der Waals surface area contributed by atoms with Gasteiger partial charge in [-0.05, 0) is 44.7 Å². The van der Waals surface area contributed by atoms with Crippen LogP contribution in [-0.4, -0.2) is 46.3 Å². The number of carbonyl (C=O) groups is 1. The Kier molecular flexibility index (Phi) is 3.88. The fourth-order valence-electron chi connectivity index (χ4n) is 3.89. The van der Waals surface area contributed by atoms with Crippen LogP contribution >= 0.6 is 0 Å². The lowest BCUT2D eigenvalue weighted by molar-refractivity contribution is 0.0648. The minimum Gasteiger partial charge on any atom is -0.332 e. The fraction of sp³-hybridized carbons (Fsp3) is 0.474. The Balaban J connectivity index is 1.76. The van der Waals surface area contributed by atoms with Gasteiger partial charge in [-0.1, -0.05) is 18.2 Å². The van der Waals surface area contributed by atoms with Gasteiger partial charge in [0.1, 0.15) is 0 Å². The molecule has 2 heterocycles. The van der Waals surface area contributed by atoms with Gasteiger partial charge in [-0.3, -0.25) is 4.79 Å². The molecular formula is C19H24N4O.